The number of hydrogen-bond donors (Lipinski definition) is 3. The molecule has 0 aromatic carbocycles. The molecule has 0 spiro atoms. The number of rotatable bonds is 38. The number of carbonyl (C=O) groups is 1. The molecule has 46 heavy (non-hydrogen) atoms. The summed E-state index contributed by atoms with van der Waals surface area (Å²) >= 11 is 0. The van der Waals surface area contributed by atoms with Gasteiger partial charge in [0.2, 0.25) is 5.91 Å². The standard InChI is InChI=1S/C42H83NO3/c1-3-5-7-9-10-11-12-13-14-15-16-17-18-19-20-21-22-23-24-25-26-27-28-29-30-31-32-34-36-38-42(46)43-40(39-44)41(45)37-35-33-8-6-4-2/h15-16,40-41,44-45H,3-14,17-39H2,1-2H3,(H,43,46)/b16-15-. The third-order valence-electron chi connectivity index (χ3n) is 9.78. The molecule has 0 saturated carbocycles. The molecular formula is C42H83NO3. The highest BCUT2D eigenvalue weighted by Gasteiger charge is 2.19. The van der Waals surface area contributed by atoms with Crippen LogP contribution in [-0.2, 0) is 4.79 Å². The lowest BCUT2D eigenvalue weighted by molar-refractivity contribution is -0.123. The van der Waals surface area contributed by atoms with Gasteiger partial charge >= 0.3 is 0 Å². The number of carbonyl (C=O) groups excluding carboxylic acids is 1. The van der Waals surface area contributed by atoms with Crippen molar-refractivity contribution in [3.05, 3.63) is 12.2 Å². The molecule has 0 bridgehead atoms. The van der Waals surface area contributed by atoms with Crippen molar-refractivity contribution in [2.24, 2.45) is 0 Å². The van der Waals surface area contributed by atoms with Gasteiger partial charge in [-0.3, -0.25) is 4.79 Å². The monoisotopic (exact) mass is 650 g/mol. The maximum absolute atomic E-state index is 12.2. The Morgan fingerprint density at radius 2 is 0.826 bits per heavy atom. The van der Waals surface area contributed by atoms with E-state index in [4.69, 9.17) is 0 Å². The van der Waals surface area contributed by atoms with Gasteiger partial charge in [-0.2, -0.15) is 0 Å². The second-order valence-electron chi connectivity index (χ2n) is 14.4. The van der Waals surface area contributed by atoms with Crippen molar-refractivity contribution in [2.45, 2.75) is 244 Å². The minimum atomic E-state index is -0.651. The van der Waals surface area contributed by atoms with Crippen LogP contribution in [0.15, 0.2) is 12.2 Å². The minimum absolute atomic E-state index is 0.0354. The zero-order valence-corrected chi connectivity index (χ0v) is 31.4. The van der Waals surface area contributed by atoms with Crippen LogP contribution in [0.5, 0.6) is 0 Å². The van der Waals surface area contributed by atoms with Crippen LogP contribution in [0.25, 0.3) is 0 Å². The van der Waals surface area contributed by atoms with Crippen LogP contribution in [0.1, 0.15) is 232 Å². The van der Waals surface area contributed by atoms with Gasteiger partial charge in [0.05, 0.1) is 18.8 Å². The molecule has 0 aromatic rings. The van der Waals surface area contributed by atoms with E-state index in [0.717, 1.165) is 25.7 Å². The first-order valence-electron chi connectivity index (χ1n) is 20.9. The molecule has 0 aliphatic heterocycles. The molecule has 3 N–H and O–H groups in total. The SMILES string of the molecule is CCCCCCCCCC/C=C\CCCCCCCCCCCCCCCCCCCC(=O)NC(CO)C(O)CCCCCCC. The predicted octanol–water partition coefficient (Wildman–Crippen LogP) is 12.7. The molecule has 0 heterocycles. The fourth-order valence-corrected chi connectivity index (χ4v) is 6.53. The number of unbranched alkanes of at least 4 members (excludes halogenated alkanes) is 29. The van der Waals surface area contributed by atoms with Crippen LogP contribution in [0.3, 0.4) is 0 Å². The van der Waals surface area contributed by atoms with Crippen molar-refractivity contribution < 1.29 is 15.0 Å². The first kappa shape index (κ1) is 45.1. The van der Waals surface area contributed by atoms with Crippen molar-refractivity contribution in [2.75, 3.05) is 6.61 Å². The molecule has 1 amide bonds. The number of aliphatic hydroxyl groups excluding tert-OH is 2. The summed E-state index contributed by atoms with van der Waals surface area (Å²) in [7, 11) is 0. The largest absolute Gasteiger partial charge is 0.394 e. The second kappa shape index (κ2) is 38.6. The van der Waals surface area contributed by atoms with Crippen molar-refractivity contribution in [3.8, 4) is 0 Å². The Hall–Kier alpha value is -0.870. The Morgan fingerprint density at radius 1 is 0.500 bits per heavy atom. The Kier molecular flexibility index (Phi) is 37.8. The van der Waals surface area contributed by atoms with Gasteiger partial charge in [-0.15, -0.1) is 0 Å². The van der Waals surface area contributed by atoms with E-state index >= 15 is 0 Å². The van der Waals surface area contributed by atoms with Crippen LogP contribution in [0.4, 0.5) is 0 Å². The Morgan fingerprint density at radius 3 is 1.20 bits per heavy atom. The fourth-order valence-electron chi connectivity index (χ4n) is 6.53. The molecule has 4 heteroatoms. The predicted molar refractivity (Wildman–Crippen MR) is 202 cm³/mol. The minimum Gasteiger partial charge on any atom is -0.394 e. The molecule has 0 aliphatic carbocycles. The summed E-state index contributed by atoms with van der Waals surface area (Å²) < 4.78 is 0. The zero-order chi connectivity index (χ0) is 33.6. The lowest BCUT2D eigenvalue weighted by atomic mass is 10.0. The molecular weight excluding hydrogens is 566 g/mol. The lowest BCUT2D eigenvalue weighted by Crippen LogP contribution is -2.45. The number of nitrogens with one attached hydrogen (secondary N) is 1. The summed E-state index contributed by atoms with van der Waals surface area (Å²) in [5.74, 6) is -0.0354. The molecule has 2 unspecified atom stereocenters. The van der Waals surface area contributed by atoms with Crippen LogP contribution in [-0.4, -0.2) is 34.9 Å². The average molecular weight is 650 g/mol. The highest BCUT2D eigenvalue weighted by atomic mass is 16.3. The van der Waals surface area contributed by atoms with Crippen LogP contribution in [0, 0.1) is 0 Å². The van der Waals surface area contributed by atoms with E-state index in [1.165, 1.54) is 180 Å². The maximum atomic E-state index is 12.2. The van der Waals surface area contributed by atoms with E-state index in [1.54, 1.807) is 0 Å². The molecule has 274 valence electrons. The summed E-state index contributed by atoms with van der Waals surface area (Å²) in [6.07, 6.45) is 47.6. The normalized spacial score (nSPS) is 13.0. The first-order chi connectivity index (χ1) is 22.7. The van der Waals surface area contributed by atoms with E-state index in [-0.39, 0.29) is 12.5 Å². The van der Waals surface area contributed by atoms with Gasteiger partial charge in [0.25, 0.3) is 0 Å². The molecule has 0 radical (unpaired) electrons. The van der Waals surface area contributed by atoms with Crippen molar-refractivity contribution in [3.63, 3.8) is 0 Å². The van der Waals surface area contributed by atoms with E-state index in [2.05, 4.69) is 31.3 Å². The van der Waals surface area contributed by atoms with Crippen LogP contribution in [0.2, 0.25) is 0 Å². The molecule has 0 saturated heterocycles. The highest BCUT2D eigenvalue weighted by molar-refractivity contribution is 5.76. The average Bonchev–Trinajstić information content (AvgIpc) is 3.06. The van der Waals surface area contributed by atoms with Gasteiger partial charge in [0.1, 0.15) is 0 Å². The smallest absolute Gasteiger partial charge is 0.220 e. The summed E-state index contributed by atoms with van der Waals surface area (Å²) in [6, 6.07) is -0.527. The second-order valence-corrected chi connectivity index (χ2v) is 14.4. The Balaban J connectivity index is 3.33. The van der Waals surface area contributed by atoms with E-state index in [9.17, 15) is 15.0 Å². The molecule has 0 fully saturated rings. The number of aliphatic hydroxyl groups is 2. The highest BCUT2D eigenvalue weighted by Crippen LogP contribution is 2.16. The van der Waals surface area contributed by atoms with Crippen molar-refractivity contribution in [1.29, 1.82) is 0 Å². The van der Waals surface area contributed by atoms with Gasteiger partial charge in [-0.25, -0.2) is 0 Å². The fraction of sp³-hybridized carbons (Fsp3) is 0.929. The summed E-state index contributed by atoms with van der Waals surface area (Å²) in [4.78, 5) is 12.2. The summed E-state index contributed by atoms with van der Waals surface area (Å²) in [6.45, 7) is 4.29. The van der Waals surface area contributed by atoms with Crippen LogP contribution < -0.4 is 5.32 Å². The van der Waals surface area contributed by atoms with E-state index in [1.807, 2.05) is 0 Å². The zero-order valence-electron chi connectivity index (χ0n) is 31.4. The third-order valence-corrected chi connectivity index (χ3v) is 9.78. The van der Waals surface area contributed by atoms with Gasteiger partial charge in [-0.1, -0.05) is 199 Å². The maximum Gasteiger partial charge on any atom is 0.220 e. The van der Waals surface area contributed by atoms with E-state index < -0.39 is 12.1 Å². The van der Waals surface area contributed by atoms with Gasteiger partial charge in [-0.05, 0) is 38.5 Å². The number of hydrogen-bond acceptors (Lipinski definition) is 3. The third kappa shape index (κ3) is 34.5. The Bertz CT molecular complexity index is 622. The first-order valence-corrected chi connectivity index (χ1v) is 20.9. The lowest BCUT2D eigenvalue weighted by Gasteiger charge is -2.22. The molecule has 0 aromatic heterocycles. The van der Waals surface area contributed by atoms with Crippen molar-refractivity contribution >= 4 is 5.91 Å². The molecule has 0 rings (SSSR count). The molecule has 4 nitrogen and oxygen atoms in total. The van der Waals surface area contributed by atoms with E-state index in [0.29, 0.717) is 12.8 Å². The summed E-state index contributed by atoms with van der Waals surface area (Å²) in [5.41, 5.74) is 0. The quantitative estimate of drug-likeness (QED) is 0.0460. The summed E-state index contributed by atoms with van der Waals surface area (Å²) in [5, 5.41) is 22.8. The molecule has 2 atom stereocenters. The van der Waals surface area contributed by atoms with Gasteiger partial charge in [0, 0.05) is 6.42 Å². The van der Waals surface area contributed by atoms with Gasteiger partial charge < -0.3 is 15.5 Å². The van der Waals surface area contributed by atoms with Crippen molar-refractivity contribution in [1.82, 2.24) is 5.32 Å². The molecule has 0 aliphatic rings. The Labute approximate surface area is 288 Å². The topological polar surface area (TPSA) is 69.6 Å². The number of allylic oxidation sites excluding steroid dienone is 2. The number of amides is 1. The van der Waals surface area contributed by atoms with Crippen LogP contribution >= 0.6 is 0 Å². The van der Waals surface area contributed by atoms with Gasteiger partial charge in [0.15, 0.2) is 0 Å².